The number of aryl methyl sites for hydroxylation is 1. The molecular weight excluding hydrogens is 238 g/mol. The molecule has 0 aliphatic heterocycles. The number of hydrogen-bond acceptors (Lipinski definition) is 2. The quantitative estimate of drug-likeness (QED) is 0.894. The van der Waals surface area contributed by atoms with Crippen molar-refractivity contribution in [1.82, 2.24) is 9.13 Å². The first kappa shape index (κ1) is 13.6. The van der Waals surface area contributed by atoms with Crippen LogP contribution in [-0.4, -0.2) is 15.7 Å². The average Bonchev–Trinajstić information content (AvgIpc) is 2.78. The Morgan fingerprint density at radius 2 is 2.05 bits per heavy atom. The highest BCUT2D eigenvalue weighted by atomic mass is 16.1. The van der Waals surface area contributed by atoms with Crippen LogP contribution in [0, 0.1) is 0 Å². The SMILES string of the molecule is CC(C)n1ccn(-c2cccc(CCCN)c2)c1=O. The third kappa shape index (κ3) is 2.96. The summed E-state index contributed by atoms with van der Waals surface area (Å²) >= 11 is 0. The van der Waals surface area contributed by atoms with Crippen molar-refractivity contribution in [2.24, 2.45) is 5.73 Å². The molecule has 0 saturated carbocycles. The van der Waals surface area contributed by atoms with Gasteiger partial charge in [-0.25, -0.2) is 4.79 Å². The van der Waals surface area contributed by atoms with Crippen molar-refractivity contribution >= 4 is 0 Å². The molecule has 0 aliphatic carbocycles. The van der Waals surface area contributed by atoms with E-state index in [1.165, 1.54) is 5.56 Å². The van der Waals surface area contributed by atoms with Crippen molar-refractivity contribution < 1.29 is 0 Å². The smallest absolute Gasteiger partial charge is 0.330 e. The van der Waals surface area contributed by atoms with E-state index in [0.29, 0.717) is 6.54 Å². The Balaban J connectivity index is 2.34. The summed E-state index contributed by atoms with van der Waals surface area (Å²) in [4.78, 5) is 12.2. The van der Waals surface area contributed by atoms with E-state index in [0.717, 1.165) is 18.5 Å². The maximum Gasteiger partial charge on any atom is 0.332 e. The Kier molecular flexibility index (Phi) is 4.22. The highest BCUT2D eigenvalue weighted by Crippen LogP contribution is 2.11. The molecule has 1 heterocycles. The van der Waals surface area contributed by atoms with Crippen LogP contribution < -0.4 is 11.4 Å². The standard InChI is InChI=1S/C15H21N3O/c1-12(2)17-9-10-18(15(17)19)14-7-3-5-13(11-14)6-4-8-16/h3,5,7,9-12H,4,6,8,16H2,1-2H3. The summed E-state index contributed by atoms with van der Waals surface area (Å²) < 4.78 is 3.42. The molecule has 0 bridgehead atoms. The number of rotatable bonds is 5. The predicted octanol–water partition coefficient (Wildman–Crippen LogP) is 2.11. The van der Waals surface area contributed by atoms with Gasteiger partial charge < -0.3 is 5.73 Å². The summed E-state index contributed by atoms with van der Waals surface area (Å²) in [5, 5.41) is 0. The van der Waals surface area contributed by atoms with Crippen LogP contribution in [0.1, 0.15) is 31.9 Å². The van der Waals surface area contributed by atoms with Gasteiger partial charge in [-0.1, -0.05) is 12.1 Å². The van der Waals surface area contributed by atoms with Gasteiger partial charge in [0.25, 0.3) is 0 Å². The monoisotopic (exact) mass is 259 g/mol. The Bertz CT molecular complexity index is 595. The number of nitrogens with zero attached hydrogens (tertiary/aromatic N) is 2. The van der Waals surface area contributed by atoms with Crippen molar-refractivity contribution in [3.05, 3.63) is 52.7 Å². The molecule has 0 amide bonds. The molecule has 2 aromatic rings. The number of imidazole rings is 1. The van der Waals surface area contributed by atoms with Gasteiger partial charge >= 0.3 is 5.69 Å². The molecule has 1 aromatic heterocycles. The lowest BCUT2D eigenvalue weighted by Crippen LogP contribution is -2.24. The lowest BCUT2D eigenvalue weighted by molar-refractivity contribution is 0.574. The van der Waals surface area contributed by atoms with Gasteiger partial charge in [0.1, 0.15) is 0 Å². The molecular formula is C15H21N3O. The third-order valence-corrected chi connectivity index (χ3v) is 3.22. The molecule has 19 heavy (non-hydrogen) atoms. The largest absolute Gasteiger partial charge is 0.332 e. The summed E-state index contributed by atoms with van der Waals surface area (Å²) in [6.07, 6.45) is 5.57. The first-order valence-corrected chi connectivity index (χ1v) is 6.72. The highest BCUT2D eigenvalue weighted by molar-refractivity contribution is 5.36. The van der Waals surface area contributed by atoms with E-state index in [-0.39, 0.29) is 11.7 Å². The van der Waals surface area contributed by atoms with Gasteiger partial charge in [0, 0.05) is 18.4 Å². The molecule has 4 nitrogen and oxygen atoms in total. The van der Waals surface area contributed by atoms with Gasteiger partial charge in [-0.15, -0.1) is 0 Å². The Labute approximate surface area is 113 Å². The highest BCUT2D eigenvalue weighted by Gasteiger charge is 2.07. The topological polar surface area (TPSA) is 52.9 Å². The summed E-state index contributed by atoms with van der Waals surface area (Å²) in [6.45, 7) is 4.70. The van der Waals surface area contributed by atoms with Crippen molar-refractivity contribution in [3.63, 3.8) is 0 Å². The second-order valence-corrected chi connectivity index (χ2v) is 5.01. The van der Waals surface area contributed by atoms with Gasteiger partial charge in [-0.2, -0.15) is 0 Å². The molecule has 0 unspecified atom stereocenters. The van der Waals surface area contributed by atoms with Gasteiger partial charge in [0.15, 0.2) is 0 Å². The minimum atomic E-state index is 0.00553. The van der Waals surface area contributed by atoms with Crippen molar-refractivity contribution in [3.8, 4) is 5.69 Å². The lowest BCUT2D eigenvalue weighted by atomic mass is 10.1. The molecule has 4 heteroatoms. The Hall–Kier alpha value is -1.81. The first-order chi connectivity index (χ1) is 9.13. The fourth-order valence-corrected chi connectivity index (χ4v) is 2.15. The van der Waals surface area contributed by atoms with Crippen LogP contribution in [0.15, 0.2) is 41.5 Å². The van der Waals surface area contributed by atoms with Gasteiger partial charge in [-0.05, 0) is 50.9 Å². The van der Waals surface area contributed by atoms with E-state index < -0.39 is 0 Å². The van der Waals surface area contributed by atoms with E-state index >= 15 is 0 Å². The molecule has 1 aromatic carbocycles. The summed E-state index contributed by atoms with van der Waals surface area (Å²) in [5.74, 6) is 0. The lowest BCUT2D eigenvalue weighted by Gasteiger charge is -2.06. The van der Waals surface area contributed by atoms with E-state index in [4.69, 9.17) is 5.73 Å². The van der Waals surface area contributed by atoms with Crippen LogP contribution in [0.3, 0.4) is 0 Å². The molecule has 0 fully saturated rings. The van der Waals surface area contributed by atoms with Gasteiger partial charge in [-0.3, -0.25) is 9.13 Å². The zero-order valence-corrected chi connectivity index (χ0v) is 11.5. The Morgan fingerprint density at radius 3 is 2.68 bits per heavy atom. The van der Waals surface area contributed by atoms with E-state index in [1.807, 2.05) is 38.4 Å². The zero-order valence-electron chi connectivity index (χ0n) is 11.5. The maximum atomic E-state index is 12.2. The van der Waals surface area contributed by atoms with E-state index in [2.05, 4.69) is 12.1 Å². The summed E-state index contributed by atoms with van der Waals surface area (Å²) in [6, 6.07) is 8.25. The predicted molar refractivity (Wildman–Crippen MR) is 77.8 cm³/mol. The van der Waals surface area contributed by atoms with Crippen molar-refractivity contribution in [2.75, 3.05) is 6.54 Å². The molecule has 0 spiro atoms. The molecule has 2 rings (SSSR count). The first-order valence-electron chi connectivity index (χ1n) is 6.72. The molecule has 2 N–H and O–H groups in total. The third-order valence-electron chi connectivity index (χ3n) is 3.22. The van der Waals surface area contributed by atoms with Crippen molar-refractivity contribution in [2.45, 2.75) is 32.7 Å². The number of benzene rings is 1. The normalized spacial score (nSPS) is 11.2. The molecule has 0 radical (unpaired) electrons. The minimum absolute atomic E-state index is 0.00553. The molecule has 0 aliphatic rings. The van der Waals surface area contributed by atoms with Crippen LogP contribution in [0.5, 0.6) is 0 Å². The molecule has 102 valence electrons. The molecule has 0 saturated heterocycles. The van der Waals surface area contributed by atoms with E-state index in [9.17, 15) is 4.79 Å². The average molecular weight is 259 g/mol. The fourth-order valence-electron chi connectivity index (χ4n) is 2.15. The zero-order chi connectivity index (χ0) is 13.8. The number of hydrogen-bond donors (Lipinski definition) is 1. The second kappa shape index (κ2) is 5.89. The number of nitrogens with two attached hydrogens (primary N) is 1. The van der Waals surface area contributed by atoms with Crippen molar-refractivity contribution in [1.29, 1.82) is 0 Å². The summed E-state index contributed by atoms with van der Waals surface area (Å²) in [7, 11) is 0. The van der Waals surface area contributed by atoms with Crippen LogP contribution in [0.25, 0.3) is 5.69 Å². The second-order valence-electron chi connectivity index (χ2n) is 5.01. The minimum Gasteiger partial charge on any atom is -0.330 e. The van der Waals surface area contributed by atoms with Crippen LogP contribution in [-0.2, 0) is 6.42 Å². The van der Waals surface area contributed by atoms with Gasteiger partial charge in [0.2, 0.25) is 0 Å². The number of aromatic nitrogens is 2. The molecule has 0 atom stereocenters. The summed E-state index contributed by atoms with van der Waals surface area (Å²) in [5.41, 5.74) is 7.66. The Morgan fingerprint density at radius 1 is 1.26 bits per heavy atom. The fraction of sp³-hybridized carbons (Fsp3) is 0.400. The van der Waals surface area contributed by atoms with Crippen LogP contribution in [0.4, 0.5) is 0 Å². The van der Waals surface area contributed by atoms with E-state index in [1.54, 1.807) is 9.13 Å². The van der Waals surface area contributed by atoms with Crippen LogP contribution >= 0.6 is 0 Å². The van der Waals surface area contributed by atoms with Gasteiger partial charge in [0.05, 0.1) is 5.69 Å². The van der Waals surface area contributed by atoms with Crippen LogP contribution in [0.2, 0.25) is 0 Å². The maximum absolute atomic E-state index is 12.2.